The van der Waals surface area contributed by atoms with E-state index in [0.717, 1.165) is 24.9 Å². The number of carbonyl (C=O) groups excluding carboxylic acids is 2. The van der Waals surface area contributed by atoms with Crippen molar-refractivity contribution in [1.82, 2.24) is 5.32 Å². The third-order valence-electron chi connectivity index (χ3n) is 2.26. The van der Waals surface area contributed by atoms with Crippen LogP contribution in [0.25, 0.3) is 0 Å². The van der Waals surface area contributed by atoms with Crippen molar-refractivity contribution >= 4 is 23.6 Å². The fourth-order valence-electron chi connectivity index (χ4n) is 1.29. The van der Waals surface area contributed by atoms with Gasteiger partial charge in [-0.3, -0.25) is 4.79 Å². The second-order valence-electron chi connectivity index (χ2n) is 3.69. The summed E-state index contributed by atoms with van der Waals surface area (Å²) in [7, 11) is 1.12. The molecule has 20 heavy (non-hydrogen) atoms. The first-order chi connectivity index (χ1) is 9.47. The number of carbonyl (C=O) groups is 2. The Hall–Kier alpha value is -1.67. The molecule has 1 amide bonds. The van der Waals surface area contributed by atoms with Gasteiger partial charge in [-0.15, -0.1) is 11.8 Å². The van der Waals surface area contributed by atoms with Gasteiger partial charge in [-0.1, -0.05) is 0 Å². The van der Waals surface area contributed by atoms with Crippen molar-refractivity contribution in [3.05, 3.63) is 29.8 Å². The number of benzene rings is 1. The molecule has 0 spiro atoms. The molecule has 1 atom stereocenters. The van der Waals surface area contributed by atoms with Crippen LogP contribution in [0, 0.1) is 11.6 Å². The van der Waals surface area contributed by atoms with Gasteiger partial charge in [0, 0.05) is 11.0 Å². The Bertz CT molecular complexity index is 498. The number of halogens is 2. The van der Waals surface area contributed by atoms with E-state index in [-0.39, 0.29) is 10.6 Å². The second-order valence-corrected chi connectivity index (χ2v) is 4.71. The molecule has 0 fully saturated rings. The Kier molecular flexibility index (Phi) is 6.40. The number of hydrogen-bond acceptors (Lipinski definition) is 5. The molecule has 1 aromatic rings. The van der Waals surface area contributed by atoms with Crippen molar-refractivity contribution in [3.63, 3.8) is 0 Å². The molecular formula is C12H13F2NO4S. The lowest BCUT2D eigenvalue weighted by Gasteiger charge is -2.13. The van der Waals surface area contributed by atoms with E-state index in [0.29, 0.717) is 6.07 Å². The standard InChI is InChI=1S/C12H13F2NO4S/c1-19-12(18)9(5-16)15-11(17)6-20-10-3-2-7(13)4-8(10)14/h2-4,9,16H,5-6H2,1H3,(H,15,17). The Morgan fingerprint density at radius 3 is 2.70 bits per heavy atom. The highest BCUT2D eigenvalue weighted by Gasteiger charge is 2.20. The zero-order valence-electron chi connectivity index (χ0n) is 10.6. The molecule has 0 saturated heterocycles. The molecule has 2 N–H and O–H groups in total. The highest BCUT2D eigenvalue weighted by atomic mass is 32.2. The van der Waals surface area contributed by atoms with Crippen LogP contribution in [0.2, 0.25) is 0 Å². The van der Waals surface area contributed by atoms with Crippen LogP contribution >= 0.6 is 11.8 Å². The number of nitrogens with one attached hydrogen (secondary N) is 1. The van der Waals surface area contributed by atoms with Crippen molar-refractivity contribution in [2.24, 2.45) is 0 Å². The van der Waals surface area contributed by atoms with Crippen molar-refractivity contribution in [2.45, 2.75) is 10.9 Å². The molecule has 0 radical (unpaired) electrons. The largest absolute Gasteiger partial charge is 0.467 e. The maximum absolute atomic E-state index is 13.3. The van der Waals surface area contributed by atoms with Crippen LogP contribution in [0.3, 0.4) is 0 Å². The van der Waals surface area contributed by atoms with E-state index in [9.17, 15) is 18.4 Å². The third-order valence-corrected chi connectivity index (χ3v) is 3.30. The molecule has 0 aromatic heterocycles. The summed E-state index contributed by atoms with van der Waals surface area (Å²) in [6.07, 6.45) is 0. The summed E-state index contributed by atoms with van der Waals surface area (Å²) < 4.78 is 30.4. The number of esters is 1. The van der Waals surface area contributed by atoms with Crippen LogP contribution in [-0.4, -0.2) is 42.5 Å². The van der Waals surface area contributed by atoms with E-state index < -0.39 is 36.2 Å². The fraction of sp³-hybridized carbons (Fsp3) is 0.333. The van der Waals surface area contributed by atoms with E-state index >= 15 is 0 Å². The first-order valence-electron chi connectivity index (χ1n) is 5.53. The van der Waals surface area contributed by atoms with Crippen LogP contribution < -0.4 is 5.32 Å². The van der Waals surface area contributed by atoms with E-state index in [4.69, 9.17) is 5.11 Å². The van der Waals surface area contributed by atoms with Gasteiger partial charge in [-0.2, -0.15) is 0 Å². The number of ether oxygens (including phenoxy) is 1. The molecule has 0 heterocycles. The number of aliphatic hydroxyl groups is 1. The smallest absolute Gasteiger partial charge is 0.330 e. The summed E-state index contributed by atoms with van der Waals surface area (Å²) in [5.41, 5.74) is 0. The lowest BCUT2D eigenvalue weighted by atomic mass is 10.3. The Morgan fingerprint density at radius 2 is 2.15 bits per heavy atom. The molecule has 0 aliphatic rings. The predicted octanol–water partition coefficient (Wildman–Crippen LogP) is 0.707. The van der Waals surface area contributed by atoms with Gasteiger partial charge in [-0.25, -0.2) is 13.6 Å². The molecule has 5 nitrogen and oxygen atoms in total. The number of aliphatic hydroxyl groups excluding tert-OH is 1. The van der Waals surface area contributed by atoms with E-state index in [1.807, 2.05) is 0 Å². The van der Waals surface area contributed by atoms with E-state index in [1.54, 1.807) is 0 Å². The summed E-state index contributed by atoms with van der Waals surface area (Å²) in [6, 6.07) is 1.84. The van der Waals surface area contributed by atoms with Gasteiger partial charge >= 0.3 is 5.97 Å². The van der Waals surface area contributed by atoms with Gasteiger partial charge in [0.2, 0.25) is 5.91 Å². The summed E-state index contributed by atoms with van der Waals surface area (Å²) >= 11 is 0.848. The topological polar surface area (TPSA) is 75.6 Å². The van der Waals surface area contributed by atoms with Crippen molar-refractivity contribution in [1.29, 1.82) is 0 Å². The Labute approximate surface area is 118 Å². The highest BCUT2D eigenvalue weighted by molar-refractivity contribution is 8.00. The van der Waals surface area contributed by atoms with Gasteiger partial charge in [0.15, 0.2) is 6.04 Å². The van der Waals surface area contributed by atoms with Gasteiger partial charge in [0.1, 0.15) is 11.6 Å². The lowest BCUT2D eigenvalue weighted by Crippen LogP contribution is -2.44. The molecule has 0 aliphatic heterocycles. The number of amides is 1. The summed E-state index contributed by atoms with van der Waals surface area (Å²) in [5, 5.41) is 11.1. The fourth-order valence-corrected chi connectivity index (χ4v) is 2.02. The van der Waals surface area contributed by atoms with Gasteiger partial charge in [0.05, 0.1) is 19.5 Å². The minimum absolute atomic E-state index is 0.111. The predicted molar refractivity (Wildman–Crippen MR) is 68.1 cm³/mol. The molecule has 1 unspecified atom stereocenters. The SMILES string of the molecule is COC(=O)C(CO)NC(=O)CSc1ccc(F)cc1F. The molecule has 1 aromatic carbocycles. The normalized spacial score (nSPS) is 11.8. The minimum Gasteiger partial charge on any atom is -0.467 e. The highest BCUT2D eigenvalue weighted by Crippen LogP contribution is 2.21. The first kappa shape index (κ1) is 16.4. The average Bonchev–Trinajstić information content (AvgIpc) is 2.43. The average molecular weight is 305 g/mol. The van der Waals surface area contributed by atoms with Crippen LogP contribution in [0.1, 0.15) is 0 Å². The zero-order chi connectivity index (χ0) is 15.1. The third kappa shape index (κ3) is 4.78. The quantitative estimate of drug-likeness (QED) is 0.598. The molecular weight excluding hydrogens is 292 g/mol. The summed E-state index contributed by atoms with van der Waals surface area (Å²) in [5.74, 6) is -3.02. The first-order valence-corrected chi connectivity index (χ1v) is 6.52. The molecule has 110 valence electrons. The van der Waals surface area contributed by atoms with Crippen LogP contribution in [0.5, 0.6) is 0 Å². The maximum atomic E-state index is 13.3. The minimum atomic E-state index is -1.16. The Morgan fingerprint density at radius 1 is 1.45 bits per heavy atom. The second kappa shape index (κ2) is 7.81. The van der Waals surface area contributed by atoms with Gasteiger partial charge < -0.3 is 15.2 Å². The molecule has 0 bridgehead atoms. The van der Waals surface area contributed by atoms with Crippen molar-refractivity contribution < 1.29 is 28.2 Å². The van der Waals surface area contributed by atoms with Crippen LogP contribution in [-0.2, 0) is 14.3 Å². The number of hydrogen-bond donors (Lipinski definition) is 2. The van der Waals surface area contributed by atoms with Gasteiger partial charge in [0.25, 0.3) is 0 Å². The molecule has 1 rings (SSSR count). The monoisotopic (exact) mass is 305 g/mol. The van der Waals surface area contributed by atoms with Gasteiger partial charge in [-0.05, 0) is 12.1 Å². The molecule has 8 heteroatoms. The van der Waals surface area contributed by atoms with E-state index in [2.05, 4.69) is 10.1 Å². The summed E-state index contributed by atoms with van der Waals surface area (Å²) in [4.78, 5) is 22.8. The molecule has 0 aliphatic carbocycles. The Balaban J connectivity index is 2.52. The van der Waals surface area contributed by atoms with Crippen molar-refractivity contribution in [3.8, 4) is 0 Å². The van der Waals surface area contributed by atoms with Crippen LogP contribution in [0.15, 0.2) is 23.1 Å². The number of thioether (sulfide) groups is 1. The number of methoxy groups -OCH3 is 1. The van der Waals surface area contributed by atoms with Crippen LogP contribution in [0.4, 0.5) is 8.78 Å². The number of rotatable bonds is 6. The zero-order valence-corrected chi connectivity index (χ0v) is 11.4. The summed E-state index contributed by atoms with van der Waals surface area (Å²) in [6.45, 7) is -0.603. The van der Waals surface area contributed by atoms with E-state index in [1.165, 1.54) is 6.07 Å². The van der Waals surface area contributed by atoms with Crippen molar-refractivity contribution in [2.75, 3.05) is 19.5 Å². The lowest BCUT2D eigenvalue weighted by molar-refractivity contribution is -0.145. The molecule has 0 saturated carbocycles. The maximum Gasteiger partial charge on any atom is 0.330 e.